The van der Waals surface area contributed by atoms with Gasteiger partial charge in [-0.2, -0.15) is 0 Å². The third kappa shape index (κ3) is 3.09. The van der Waals surface area contributed by atoms with Gasteiger partial charge in [-0.05, 0) is 27.4 Å². The summed E-state index contributed by atoms with van der Waals surface area (Å²) in [6.45, 7) is 1.60. The Balaban J connectivity index is 1.83. The Morgan fingerprint density at radius 1 is 1.33 bits per heavy atom. The van der Waals surface area contributed by atoms with E-state index in [1.165, 1.54) is 9.35 Å². The fourth-order valence-electron chi connectivity index (χ4n) is 1.18. The van der Waals surface area contributed by atoms with Crippen LogP contribution in [0.1, 0.15) is 10.6 Å². The standard InChI is InChI=1S/C10H10BrN3S/c11-9-1-4-15-10(9)7-13-6-8-5-12-2-3-14-8/h1-5,13H,6-7H2. The molecule has 0 aliphatic heterocycles. The van der Waals surface area contributed by atoms with Gasteiger partial charge in [-0.1, -0.05) is 0 Å². The lowest BCUT2D eigenvalue weighted by Gasteiger charge is -2.02. The van der Waals surface area contributed by atoms with E-state index in [0.717, 1.165) is 18.8 Å². The van der Waals surface area contributed by atoms with Crippen molar-refractivity contribution in [3.8, 4) is 0 Å². The predicted octanol–water partition coefficient (Wildman–Crippen LogP) is 2.59. The summed E-state index contributed by atoms with van der Waals surface area (Å²) in [5, 5.41) is 5.40. The number of halogens is 1. The van der Waals surface area contributed by atoms with Gasteiger partial charge in [0.05, 0.1) is 5.69 Å². The van der Waals surface area contributed by atoms with Gasteiger partial charge >= 0.3 is 0 Å². The maximum Gasteiger partial charge on any atom is 0.0724 e. The van der Waals surface area contributed by atoms with E-state index in [-0.39, 0.29) is 0 Å². The maximum atomic E-state index is 4.19. The lowest BCUT2D eigenvalue weighted by molar-refractivity contribution is 0.682. The molecule has 78 valence electrons. The van der Waals surface area contributed by atoms with E-state index in [0.29, 0.717) is 0 Å². The molecule has 0 saturated carbocycles. The lowest BCUT2D eigenvalue weighted by Crippen LogP contribution is -2.13. The molecule has 2 aromatic rings. The Morgan fingerprint density at radius 2 is 2.27 bits per heavy atom. The second kappa shape index (κ2) is 5.34. The van der Waals surface area contributed by atoms with Crippen LogP contribution in [0.2, 0.25) is 0 Å². The first kappa shape index (κ1) is 10.7. The fourth-order valence-corrected chi connectivity index (χ4v) is 2.64. The van der Waals surface area contributed by atoms with Crippen LogP contribution in [0.15, 0.2) is 34.5 Å². The molecular formula is C10H10BrN3S. The van der Waals surface area contributed by atoms with E-state index >= 15 is 0 Å². The third-order valence-corrected chi connectivity index (χ3v) is 3.83. The van der Waals surface area contributed by atoms with Crippen LogP contribution in [0.5, 0.6) is 0 Å². The van der Waals surface area contributed by atoms with E-state index in [1.807, 2.05) is 0 Å². The highest BCUT2D eigenvalue weighted by atomic mass is 79.9. The number of aromatic nitrogens is 2. The highest BCUT2D eigenvalue weighted by molar-refractivity contribution is 9.10. The van der Waals surface area contributed by atoms with Gasteiger partial charge in [-0.25, -0.2) is 0 Å². The van der Waals surface area contributed by atoms with Crippen molar-refractivity contribution < 1.29 is 0 Å². The molecule has 2 heterocycles. The Kier molecular flexibility index (Phi) is 3.82. The largest absolute Gasteiger partial charge is 0.306 e. The summed E-state index contributed by atoms with van der Waals surface area (Å²) in [4.78, 5) is 9.50. The number of nitrogens with zero attached hydrogens (tertiary/aromatic N) is 2. The predicted molar refractivity (Wildman–Crippen MR) is 64.6 cm³/mol. The minimum Gasteiger partial charge on any atom is -0.306 e. The molecule has 5 heteroatoms. The SMILES string of the molecule is Brc1ccsc1CNCc1cnccn1. The normalized spacial score (nSPS) is 10.5. The molecule has 0 bridgehead atoms. The zero-order valence-electron chi connectivity index (χ0n) is 7.98. The van der Waals surface area contributed by atoms with E-state index in [4.69, 9.17) is 0 Å². The van der Waals surface area contributed by atoms with E-state index in [2.05, 4.69) is 42.7 Å². The minimum absolute atomic E-state index is 0.748. The van der Waals surface area contributed by atoms with Gasteiger partial charge < -0.3 is 5.32 Å². The van der Waals surface area contributed by atoms with Crippen LogP contribution in [0, 0.1) is 0 Å². The number of hydrogen-bond acceptors (Lipinski definition) is 4. The summed E-state index contributed by atoms with van der Waals surface area (Å²) in [6, 6.07) is 2.06. The Hall–Kier alpha value is -0.780. The zero-order valence-corrected chi connectivity index (χ0v) is 10.4. The molecule has 2 rings (SSSR count). The van der Waals surface area contributed by atoms with Crippen molar-refractivity contribution in [2.24, 2.45) is 0 Å². The zero-order chi connectivity index (χ0) is 10.5. The number of rotatable bonds is 4. The summed E-state index contributed by atoms with van der Waals surface area (Å²) >= 11 is 5.23. The smallest absolute Gasteiger partial charge is 0.0724 e. The first-order valence-electron chi connectivity index (χ1n) is 4.54. The Bertz CT molecular complexity index is 416. The van der Waals surface area contributed by atoms with Crippen molar-refractivity contribution in [1.29, 1.82) is 0 Å². The maximum absolute atomic E-state index is 4.19. The first-order chi connectivity index (χ1) is 7.36. The molecular weight excluding hydrogens is 274 g/mol. The molecule has 0 aromatic carbocycles. The van der Waals surface area contributed by atoms with Crippen molar-refractivity contribution in [1.82, 2.24) is 15.3 Å². The van der Waals surface area contributed by atoms with Gasteiger partial charge in [0.2, 0.25) is 0 Å². The molecule has 2 aromatic heterocycles. The second-order valence-corrected chi connectivity index (χ2v) is 4.85. The van der Waals surface area contributed by atoms with Gasteiger partial charge in [0.1, 0.15) is 0 Å². The van der Waals surface area contributed by atoms with Gasteiger partial charge in [-0.15, -0.1) is 11.3 Å². The highest BCUT2D eigenvalue weighted by Crippen LogP contribution is 2.22. The molecule has 0 fully saturated rings. The Morgan fingerprint density at radius 3 is 2.93 bits per heavy atom. The molecule has 0 aliphatic carbocycles. The van der Waals surface area contributed by atoms with Crippen molar-refractivity contribution >= 4 is 27.3 Å². The molecule has 0 saturated heterocycles. The number of hydrogen-bond donors (Lipinski definition) is 1. The number of nitrogens with one attached hydrogen (secondary N) is 1. The molecule has 0 atom stereocenters. The van der Waals surface area contributed by atoms with Crippen molar-refractivity contribution in [2.45, 2.75) is 13.1 Å². The average molecular weight is 284 g/mol. The minimum atomic E-state index is 0.748. The van der Waals surface area contributed by atoms with Gasteiger partial charge in [0, 0.05) is 41.0 Å². The van der Waals surface area contributed by atoms with Crippen LogP contribution in [0.3, 0.4) is 0 Å². The molecule has 1 N–H and O–H groups in total. The third-order valence-electron chi connectivity index (χ3n) is 1.90. The van der Waals surface area contributed by atoms with E-state index < -0.39 is 0 Å². The Labute approximate surface area is 101 Å². The summed E-state index contributed by atoms with van der Waals surface area (Å²) < 4.78 is 1.17. The molecule has 0 unspecified atom stereocenters. The van der Waals surface area contributed by atoms with Crippen LogP contribution >= 0.6 is 27.3 Å². The highest BCUT2D eigenvalue weighted by Gasteiger charge is 2.00. The van der Waals surface area contributed by atoms with E-state index in [9.17, 15) is 0 Å². The van der Waals surface area contributed by atoms with Gasteiger partial charge in [0.15, 0.2) is 0 Å². The van der Waals surface area contributed by atoms with Crippen molar-refractivity contribution in [3.05, 3.63) is 45.1 Å². The van der Waals surface area contributed by atoms with Crippen LogP contribution in [-0.2, 0) is 13.1 Å². The lowest BCUT2D eigenvalue weighted by atomic mass is 10.4. The summed E-state index contributed by atoms with van der Waals surface area (Å²) in [7, 11) is 0. The molecule has 15 heavy (non-hydrogen) atoms. The van der Waals surface area contributed by atoms with Crippen LogP contribution in [-0.4, -0.2) is 9.97 Å². The molecule has 3 nitrogen and oxygen atoms in total. The number of thiophene rings is 1. The molecule has 0 aliphatic rings. The average Bonchev–Trinajstić information content (AvgIpc) is 2.66. The molecule has 0 amide bonds. The quantitative estimate of drug-likeness (QED) is 0.937. The van der Waals surface area contributed by atoms with Crippen LogP contribution in [0.4, 0.5) is 0 Å². The summed E-state index contributed by atoms with van der Waals surface area (Å²) in [6.07, 6.45) is 5.16. The van der Waals surface area contributed by atoms with Gasteiger partial charge in [0.25, 0.3) is 0 Å². The summed E-state index contributed by atoms with van der Waals surface area (Å²) in [5.41, 5.74) is 0.963. The van der Waals surface area contributed by atoms with Crippen molar-refractivity contribution in [2.75, 3.05) is 0 Å². The van der Waals surface area contributed by atoms with Crippen molar-refractivity contribution in [3.63, 3.8) is 0 Å². The van der Waals surface area contributed by atoms with E-state index in [1.54, 1.807) is 29.9 Å². The summed E-state index contributed by atoms with van der Waals surface area (Å²) in [5.74, 6) is 0. The second-order valence-electron chi connectivity index (χ2n) is 2.99. The van der Waals surface area contributed by atoms with Crippen LogP contribution in [0.25, 0.3) is 0 Å². The topological polar surface area (TPSA) is 37.8 Å². The van der Waals surface area contributed by atoms with Gasteiger partial charge in [-0.3, -0.25) is 9.97 Å². The molecule has 0 spiro atoms. The van der Waals surface area contributed by atoms with Crippen LogP contribution < -0.4 is 5.32 Å². The monoisotopic (exact) mass is 283 g/mol. The molecule has 0 radical (unpaired) electrons. The first-order valence-corrected chi connectivity index (χ1v) is 6.21. The fraction of sp³-hybridized carbons (Fsp3) is 0.200.